The van der Waals surface area contributed by atoms with Gasteiger partial charge in [-0.05, 0) is 19.1 Å². The number of rotatable bonds is 4. The first-order valence-corrected chi connectivity index (χ1v) is 4.02. The highest BCUT2D eigenvalue weighted by atomic mass is 16.6. The van der Waals surface area contributed by atoms with Crippen molar-refractivity contribution >= 4 is 0 Å². The Morgan fingerprint density at radius 3 is 3.00 bits per heavy atom. The minimum absolute atomic E-state index is 0.127. The molecule has 4 heteroatoms. The summed E-state index contributed by atoms with van der Waals surface area (Å²) in [6.45, 7) is 1.70. The van der Waals surface area contributed by atoms with Gasteiger partial charge in [-0.25, -0.2) is 0 Å². The number of furan rings is 1. The Morgan fingerprint density at radius 1 is 1.77 bits per heavy atom. The lowest BCUT2D eigenvalue weighted by molar-refractivity contribution is -0.482. The average Bonchev–Trinajstić information content (AvgIpc) is 2.54. The van der Waals surface area contributed by atoms with E-state index in [0.29, 0.717) is 5.76 Å². The van der Waals surface area contributed by atoms with Crippen molar-refractivity contribution in [3.8, 4) is 0 Å². The molecule has 0 amide bonds. The van der Waals surface area contributed by atoms with Crippen LogP contribution in [0.3, 0.4) is 0 Å². The molecule has 1 atom stereocenters. The van der Waals surface area contributed by atoms with Crippen LogP contribution in [0.2, 0.25) is 0 Å². The van der Waals surface area contributed by atoms with Crippen molar-refractivity contribution in [3.05, 3.63) is 46.4 Å². The molecule has 1 rings (SSSR count). The summed E-state index contributed by atoms with van der Waals surface area (Å²) < 4.78 is 5.09. The summed E-state index contributed by atoms with van der Waals surface area (Å²) in [4.78, 5) is 9.97. The van der Waals surface area contributed by atoms with Gasteiger partial charge in [0, 0.05) is 4.92 Å². The summed E-state index contributed by atoms with van der Waals surface area (Å²) >= 11 is 0. The summed E-state index contributed by atoms with van der Waals surface area (Å²) in [5, 5.41) is 10.3. The maximum atomic E-state index is 10.3. The van der Waals surface area contributed by atoms with E-state index in [9.17, 15) is 10.1 Å². The Labute approximate surface area is 76.0 Å². The second kappa shape index (κ2) is 4.45. The topological polar surface area (TPSA) is 56.3 Å². The molecule has 70 valence electrons. The Hall–Kier alpha value is -1.58. The van der Waals surface area contributed by atoms with Crippen molar-refractivity contribution in [1.29, 1.82) is 0 Å². The predicted molar refractivity (Wildman–Crippen MR) is 48.1 cm³/mol. The summed E-state index contributed by atoms with van der Waals surface area (Å²) in [5.41, 5.74) is 0. The highest BCUT2D eigenvalue weighted by molar-refractivity contribution is 5.12. The molecule has 4 nitrogen and oxygen atoms in total. The summed E-state index contributed by atoms with van der Waals surface area (Å²) in [7, 11) is 0. The first-order valence-electron chi connectivity index (χ1n) is 4.02. The van der Waals surface area contributed by atoms with E-state index in [4.69, 9.17) is 4.42 Å². The summed E-state index contributed by atoms with van der Waals surface area (Å²) in [5.74, 6) is 0.379. The van der Waals surface area contributed by atoms with Crippen LogP contribution in [0.5, 0.6) is 0 Å². The van der Waals surface area contributed by atoms with Crippen LogP contribution in [0.15, 0.2) is 35.0 Å². The maximum Gasteiger partial charge on any atom is 0.217 e. The SMILES string of the molecule is C/C=C/[C@@H](C[N+](=O)[O-])c1ccco1. The Kier molecular flexibility index (Phi) is 3.25. The summed E-state index contributed by atoms with van der Waals surface area (Å²) in [6.07, 6.45) is 5.07. The van der Waals surface area contributed by atoms with E-state index >= 15 is 0 Å². The molecule has 0 saturated carbocycles. The molecule has 0 fully saturated rings. The van der Waals surface area contributed by atoms with E-state index in [1.165, 1.54) is 6.26 Å². The lowest BCUT2D eigenvalue weighted by Gasteiger charge is -2.03. The van der Waals surface area contributed by atoms with Crippen LogP contribution in [0.25, 0.3) is 0 Å². The van der Waals surface area contributed by atoms with Crippen molar-refractivity contribution in [2.24, 2.45) is 0 Å². The van der Waals surface area contributed by atoms with Gasteiger partial charge in [0.25, 0.3) is 0 Å². The second-order valence-electron chi connectivity index (χ2n) is 2.66. The minimum Gasteiger partial charge on any atom is -0.468 e. The number of nitro groups is 1. The quantitative estimate of drug-likeness (QED) is 0.406. The van der Waals surface area contributed by atoms with E-state index in [0.717, 1.165) is 0 Å². The first kappa shape index (κ1) is 9.51. The van der Waals surface area contributed by atoms with E-state index in [1.54, 1.807) is 24.3 Å². The van der Waals surface area contributed by atoms with Crippen LogP contribution < -0.4 is 0 Å². The fraction of sp³-hybridized carbons (Fsp3) is 0.333. The molecule has 13 heavy (non-hydrogen) atoms. The molecule has 0 aromatic carbocycles. The van der Waals surface area contributed by atoms with Crippen molar-refractivity contribution < 1.29 is 9.34 Å². The van der Waals surface area contributed by atoms with Gasteiger partial charge in [-0.3, -0.25) is 10.1 Å². The molecule has 0 aliphatic carbocycles. The van der Waals surface area contributed by atoms with Crippen LogP contribution in [-0.2, 0) is 0 Å². The second-order valence-corrected chi connectivity index (χ2v) is 2.66. The molecule has 1 heterocycles. The van der Waals surface area contributed by atoms with Crippen LogP contribution in [0, 0.1) is 10.1 Å². The number of hydrogen-bond acceptors (Lipinski definition) is 3. The summed E-state index contributed by atoms with van der Waals surface area (Å²) in [6, 6.07) is 3.47. The van der Waals surface area contributed by atoms with E-state index in [1.807, 2.05) is 6.92 Å². The van der Waals surface area contributed by atoms with Gasteiger partial charge >= 0.3 is 0 Å². The third-order valence-electron chi connectivity index (χ3n) is 1.68. The number of allylic oxidation sites excluding steroid dienone is 1. The van der Waals surface area contributed by atoms with Crippen molar-refractivity contribution in [2.45, 2.75) is 12.8 Å². The molecule has 0 saturated heterocycles. The minimum atomic E-state index is -0.340. The van der Waals surface area contributed by atoms with Gasteiger partial charge in [0.15, 0.2) is 0 Å². The molecule has 0 bridgehead atoms. The molecule has 0 unspecified atom stereocenters. The standard InChI is InChI=1S/C9H11NO3/c1-2-4-8(7-10(11)12)9-5-3-6-13-9/h2-6,8H,7H2,1H3/b4-2+/t8-/m0/s1. The Bertz CT molecular complexity index is 290. The van der Waals surface area contributed by atoms with E-state index < -0.39 is 0 Å². The monoisotopic (exact) mass is 181 g/mol. The lowest BCUT2D eigenvalue weighted by Crippen LogP contribution is -2.09. The zero-order chi connectivity index (χ0) is 9.68. The first-order chi connectivity index (χ1) is 6.24. The predicted octanol–water partition coefficient (Wildman–Crippen LogP) is 2.22. The molecule has 0 N–H and O–H groups in total. The zero-order valence-corrected chi connectivity index (χ0v) is 7.34. The molecule has 1 aromatic rings. The van der Waals surface area contributed by atoms with Gasteiger partial charge in [0.05, 0.1) is 12.2 Å². The van der Waals surface area contributed by atoms with E-state index in [2.05, 4.69) is 0 Å². The maximum absolute atomic E-state index is 10.3. The van der Waals surface area contributed by atoms with Gasteiger partial charge in [0.1, 0.15) is 5.76 Å². The third-order valence-corrected chi connectivity index (χ3v) is 1.68. The smallest absolute Gasteiger partial charge is 0.217 e. The molecular weight excluding hydrogens is 170 g/mol. The van der Waals surface area contributed by atoms with Crippen molar-refractivity contribution in [3.63, 3.8) is 0 Å². The molecule has 0 spiro atoms. The van der Waals surface area contributed by atoms with Gasteiger partial charge in [-0.1, -0.05) is 12.2 Å². The van der Waals surface area contributed by atoms with Gasteiger partial charge < -0.3 is 4.42 Å². The van der Waals surface area contributed by atoms with Gasteiger partial charge in [-0.15, -0.1) is 0 Å². The van der Waals surface area contributed by atoms with Crippen LogP contribution >= 0.6 is 0 Å². The highest BCUT2D eigenvalue weighted by Gasteiger charge is 2.16. The average molecular weight is 181 g/mol. The van der Waals surface area contributed by atoms with Gasteiger partial charge in [-0.2, -0.15) is 0 Å². The van der Waals surface area contributed by atoms with E-state index in [-0.39, 0.29) is 17.4 Å². The normalized spacial score (nSPS) is 13.3. The third kappa shape index (κ3) is 2.74. The zero-order valence-electron chi connectivity index (χ0n) is 7.34. The molecule has 1 aromatic heterocycles. The largest absolute Gasteiger partial charge is 0.468 e. The van der Waals surface area contributed by atoms with Crippen LogP contribution in [0.4, 0.5) is 0 Å². The van der Waals surface area contributed by atoms with Crippen LogP contribution in [-0.4, -0.2) is 11.5 Å². The Balaban J connectivity index is 2.74. The molecule has 0 radical (unpaired) electrons. The molecular formula is C9H11NO3. The van der Waals surface area contributed by atoms with Crippen LogP contribution in [0.1, 0.15) is 18.6 Å². The van der Waals surface area contributed by atoms with Crippen molar-refractivity contribution in [1.82, 2.24) is 0 Å². The number of nitrogens with zero attached hydrogens (tertiary/aromatic N) is 1. The number of hydrogen-bond donors (Lipinski definition) is 0. The Morgan fingerprint density at radius 2 is 2.54 bits per heavy atom. The van der Waals surface area contributed by atoms with Gasteiger partial charge in [0.2, 0.25) is 6.54 Å². The molecule has 0 aliphatic rings. The lowest BCUT2D eigenvalue weighted by atomic mass is 10.1. The highest BCUT2D eigenvalue weighted by Crippen LogP contribution is 2.17. The fourth-order valence-electron chi connectivity index (χ4n) is 1.14. The fourth-order valence-corrected chi connectivity index (χ4v) is 1.14. The molecule has 0 aliphatic heterocycles. The van der Waals surface area contributed by atoms with Crippen molar-refractivity contribution in [2.75, 3.05) is 6.54 Å².